The van der Waals surface area contributed by atoms with Crippen molar-refractivity contribution in [3.8, 4) is 11.5 Å². The highest BCUT2D eigenvalue weighted by molar-refractivity contribution is 9.10. The SMILES string of the molecule is COc1cc(/C=N/N=C2\NC(=O)C(CC(=O)O)S2)cc(Br)c1OC. The molecule has 0 radical (unpaired) electrons. The number of nitrogens with zero attached hydrogens (tertiary/aromatic N) is 2. The number of hydrogen-bond acceptors (Lipinski definition) is 7. The number of halogens is 1. The van der Waals surface area contributed by atoms with E-state index in [-0.39, 0.29) is 17.5 Å². The minimum absolute atomic E-state index is 0.262. The van der Waals surface area contributed by atoms with Crippen LogP contribution in [0.4, 0.5) is 0 Å². The van der Waals surface area contributed by atoms with E-state index in [0.717, 1.165) is 11.8 Å². The molecule has 1 heterocycles. The molecule has 1 atom stereocenters. The zero-order valence-electron chi connectivity index (χ0n) is 12.8. The lowest BCUT2D eigenvalue weighted by Gasteiger charge is -2.09. The molecule has 0 aliphatic carbocycles. The lowest BCUT2D eigenvalue weighted by molar-refractivity contribution is -0.138. The quantitative estimate of drug-likeness (QED) is 0.541. The van der Waals surface area contributed by atoms with Crippen LogP contribution in [0.3, 0.4) is 0 Å². The Morgan fingerprint density at radius 1 is 1.46 bits per heavy atom. The molecule has 0 bridgehead atoms. The van der Waals surface area contributed by atoms with Gasteiger partial charge in [-0.15, -0.1) is 5.10 Å². The predicted molar refractivity (Wildman–Crippen MR) is 94.0 cm³/mol. The first-order valence-electron chi connectivity index (χ1n) is 6.66. The van der Waals surface area contributed by atoms with Crippen LogP contribution in [0.25, 0.3) is 0 Å². The van der Waals surface area contributed by atoms with E-state index in [1.54, 1.807) is 12.1 Å². The van der Waals surface area contributed by atoms with Gasteiger partial charge in [0.2, 0.25) is 5.91 Å². The first kappa shape index (κ1) is 18.3. The van der Waals surface area contributed by atoms with E-state index in [0.29, 0.717) is 21.5 Å². The number of aliphatic carboxylic acids is 1. The molecule has 1 aromatic carbocycles. The van der Waals surface area contributed by atoms with Crippen molar-refractivity contribution >= 4 is 51.0 Å². The van der Waals surface area contributed by atoms with Crippen LogP contribution < -0.4 is 14.8 Å². The molecule has 0 aromatic heterocycles. The summed E-state index contributed by atoms with van der Waals surface area (Å²) in [6, 6.07) is 3.50. The normalized spacial score (nSPS) is 18.9. The van der Waals surface area contributed by atoms with E-state index in [1.807, 2.05) is 0 Å². The van der Waals surface area contributed by atoms with Crippen molar-refractivity contribution in [1.82, 2.24) is 5.32 Å². The van der Waals surface area contributed by atoms with Crippen LogP contribution >= 0.6 is 27.7 Å². The minimum atomic E-state index is -1.04. The number of carbonyl (C=O) groups excluding carboxylic acids is 1. The van der Waals surface area contributed by atoms with Gasteiger partial charge >= 0.3 is 5.97 Å². The summed E-state index contributed by atoms with van der Waals surface area (Å²) >= 11 is 4.42. The number of carbonyl (C=O) groups is 2. The number of rotatable bonds is 6. The molecule has 1 unspecified atom stereocenters. The average Bonchev–Trinajstić information content (AvgIpc) is 2.85. The largest absolute Gasteiger partial charge is 0.493 e. The maximum Gasteiger partial charge on any atom is 0.305 e. The summed E-state index contributed by atoms with van der Waals surface area (Å²) in [7, 11) is 3.06. The van der Waals surface area contributed by atoms with Crippen molar-refractivity contribution in [3.05, 3.63) is 22.2 Å². The Morgan fingerprint density at radius 3 is 2.83 bits per heavy atom. The Bertz CT molecular complexity index is 723. The fraction of sp³-hybridized carbons (Fsp3) is 0.286. The van der Waals surface area contributed by atoms with Crippen molar-refractivity contribution in [2.24, 2.45) is 10.2 Å². The lowest BCUT2D eigenvalue weighted by Crippen LogP contribution is -2.26. The van der Waals surface area contributed by atoms with Gasteiger partial charge in [-0.05, 0) is 33.6 Å². The Balaban J connectivity index is 2.10. The number of hydrogen-bond donors (Lipinski definition) is 2. The third kappa shape index (κ3) is 4.48. The molecule has 1 fully saturated rings. The highest BCUT2D eigenvalue weighted by atomic mass is 79.9. The lowest BCUT2D eigenvalue weighted by atomic mass is 10.2. The Labute approximate surface area is 150 Å². The van der Waals surface area contributed by atoms with Crippen molar-refractivity contribution in [2.45, 2.75) is 11.7 Å². The van der Waals surface area contributed by atoms with Crippen LogP contribution in [0.15, 0.2) is 26.8 Å². The van der Waals surface area contributed by atoms with Gasteiger partial charge in [0.1, 0.15) is 5.25 Å². The topological polar surface area (TPSA) is 110 Å². The van der Waals surface area contributed by atoms with Crippen LogP contribution in [-0.4, -0.2) is 47.8 Å². The second kappa shape index (κ2) is 8.15. The minimum Gasteiger partial charge on any atom is -0.493 e. The summed E-state index contributed by atoms with van der Waals surface area (Å²) in [4.78, 5) is 22.2. The molecule has 128 valence electrons. The summed E-state index contributed by atoms with van der Waals surface area (Å²) in [5.74, 6) is -0.324. The number of benzene rings is 1. The van der Waals surface area contributed by atoms with E-state index < -0.39 is 11.2 Å². The van der Waals surface area contributed by atoms with Gasteiger partial charge in [-0.3, -0.25) is 9.59 Å². The van der Waals surface area contributed by atoms with Crippen LogP contribution in [0.1, 0.15) is 12.0 Å². The number of carboxylic acids is 1. The highest BCUT2D eigenvalue weighted by Crippen LogP contribution is 2.35. The van der Waals surface area contributed by atoms with Crippen molar-refractivity contribution in [2.75, 3.05) is 14.2 Å². The summed E-state index contributed by atoms with van der Waals surface area (Å²) in [5.41, 5.74) is 0.709. The Hall–Kier alpha value is -2.07. The van der Waals surface area contributed by atoms with E-state index >= 15 is 0 Å². The summed E-state index contributed by atoms with van der Waals surface area (Å²) in [6.07, 6.45) is 1.22. The second-order valence-corrected chi connectivity index (χ2v) is 6.63. The molecule has 2 N–H and O–H groups in total. The van der Waals surface area contributed by atoms with Crippen LogP contribution in [0.5, 0.6) is 11.5 Å². The molecular formula is C14H14BrN3O5S. The zero-order valence-corrected chi connectivity index (χ0v) is 15.2. The van der Waals surface area contributed by atoms with Gasteiger partial charge in [0.25, 0.3) is 0 Å². The molecule has 0 saturated carbocycles. The molecular weight excluding hydrogens is 402 g/mol. The van der Waals surface area contributed by atoms with Gasteiger partial charge in [-0.25, -0.2) is 0 Å². The monoisotopic (exact) mass is 415 g/mol. The number of ether oxygens (including phenoxy) is 2. The van der Waals surface area contributed by atoms with E-state index in [2.05, 4.69) is 31.4 Å². The molecule has 0 spiro atoms. The summed E-state index contributed by atoms with van der Waals surface area (Å²) in [6.45, 7) is 0. The fourth-order valence-corrected chi connectivity index (χ4v) is 3.44. The summed E-state index contributed by atoms with van der Waals surface area (Å²) < 4.78 is 11.2. The van der Waals surface area contributed by atoms with Gasteiger partial charge in [0.15, 0.2) is 16.7 Å². The third-order valence-electron chi connectivity index (χ3n) is 2.95. The number of amidine groups is 1. The Morgan fingerprint density at radius 2 is 2.21 bits per heavy atom. The maximum absolute atomic E-state index is 11.6. The van der Waals surface area contributed by atoms with Crippen molar-refractivity contribution in [3.63, 3.8) is 0 Å². The molecule has 2 rings (SSSR count). The van der Waals surface area contributed by atoms with Gasteiger partial charge in [0, 0.05) is 0 Å². The van der Waals surface area contributed by atoms with Gasteiger partial charge in [-0.1, -0.05) is 11.8 Å². The molecule has 1 aliphatic rings. The second-order valence-electron chi connectivity index (χ2n) is 4.58. The maximum atomic E-state index is 11.6. The molecule has 1 aliphatic heterocycles. The number of carboxylic acid groups (broad SMARTS) is 1. The van der Waals surface area contributed by atoms with Crippen molar-refractivity contribution < 1.29 is 24.2 Å². The van der Waals surface area contributed by atoms with Gasteiger partial charge < -0.3 is 19.9 Å². The number of thioether (sulfide) groups is 1. The van der Waals surface area contributed by atoms with E-state index in [1.165, 1.54) is 20.4 Å². The highest BCUT2D eigenvalue weighted by Gasteiger charge is 2.32. The van der Waals surface area contributed by atoms with Crippen LogP contribution in [-0.2, 0) is 9.59 Å². The van der Waals surface area contributed by atoms with Gasteiger partial charge in [0.05, 0.1) is 31.3 Å². The molecule has 1 aromatic rings. The van der Waals surface area contributed by atoms with Crippen molar-refractivity contribution in [1.29, 1.82) is 0 Å². The number of methoxy groups -OCH3 is 2. The molecule has 24 heavy (non-hydrogen) atoms. The predicted octanol–water partition coefficient (Wildman–Crippen LogP) is 1.86. The first-order valence-corrected chi connectivity index (χ1v) is 8.33. The smallest absolute Gasteiger partial charge is 0.305 e. The average molecular weight is 416 g/mol. The third-order valence-corrected chi connectivity index (χ3v) is 4.61. The molecule has 8 nitrogen and oxygen atoms in total. The molecule has 10 heteroatoms. The van der Waals surface area contributed by atoms with E-state index in [9.17, 15) is 9.59 Å². The zero-order chi connectivity index (χ0) is 17.7. The Kier molecular flexibility index (Phi) is 6.21. The molecule has 1 saturated heterocycles. The standard InChI is InChI=1S/C14H14BrN3O5S/c1-22-9-4-7(3-8(15)12(9)23-2)6-16-18-14-17-13(21)10(24-14)5-11(19)20/h3-4,6,10H,5H2,1-2H3,(H,19,20)(H,17,18,21)/b16-6+. The number of nitrogens with one attached hydrogen (secondary N) is 1. The fourth-order valence-electron chi connectivity index (χ4n) is 1.91. The van der Waals surface area contributed by atoms with Crippen LogP contribution in [0, 0.1) is 0 Å². The van der Waals surface area contributed by atoms with Crippen LogP contribution in [0.2, 0.25) is 0 Å². The molecule has 1 amide bonds. The summed E-state index contributed by atoms with van der Waals surface area (Å²) in [5, 5.41) is 18.6. The number of amides is 1. The van der Waals surface area contributed by atoms with E-state index in [4.69, 9.17) is 14.6 Å². The van der Waals surface area contributed by atoms with Gasteiger partial charge in [-0.2, -0.15) is 5.10 Å². The first-order chi connectivity index (χ1) is 11.4.